The first-order valence-corrected chi connectivity index (χ1v) is 12.9. The van der Waals surface area contributed by atoms with Crippen molar-refractivity contribution in [3.63, 3.8) is 0 Å². The first-order valence-electron chi connectivity index (χ1n) is 12.9. The molecule has 1 N–H and O–H groups in total. The SMILES string of the molecule is CC[C@H](c1nnnn1C[C@@H]1CCCO1)N(Cc1ccc(F)cc1)Cc1cc2c(C)cc(C)cc2[nH]c1=O. The minimum absolute atomic E-state index is 0.0973. The van der Waals surface area contributed by atoms with Gasteiger partial charge in [-0.1, -0.05) is 25.1 Å². The number of nitrogens with zero attached hydrogens (tertiary/aromatic N) is 5. The molecule has 1 saturated heterocycles. The van der Waals surface area contributed by atoms with E-state index in [2.05, 4.69) is 45.3 Å². The summed E-state index contributed by atoms with van der Waals surface area (Å²) in [6.45, 7) is 8.43. The van der Waals surface area contributed by atoms with Crippen molar-refractivity contribution in [3.8, 4) is 0 Å². The number of pyridine rings is 1. The third-order valence-corrected chi connectivity index (χ3v) is 7.15. The Labute approximate surface area is 215 Å². The van der Waals surface area contributed by atoms with Crippen LogP contribution in [0.25, 0.3) is 10.9 Å². The van der Waals surface area contributed by atoms with Crippen LogP contribution < -0.4 is 5.56 Å². The monoisotopic (exact) mass is 504 g/mol. The second kappa shape index (κ2) is 10.9. The molecule has 0 unspecified atom stereocenters. The number of hydrogen-bond acceptors (Lipinski definition) is 6. The molecule has 4 aromatic rings. The highest BCUT2D eigenvalue weighted by Gasteiger charge is 2.28. The van der Waals surface area contributed by atoms with Crippen molar-refractivity contribution in [1.82, 2.24) is 30.1 Å². The van der Waals surface area contributed by atoms with Crippen LogP contribution in [0.2, 0.25) is 0 Å². The topological polar surface area (TPSA) is 88.9 Å². The fraction of sp³-hybridized carbons (Fsp3) is 0.429. The van der Waals surface area contributed by atoms with Crippen LogP contribution in [0.1, 0.15) is 60.3 Å². The fourth-order valence-electron chi connectivity index (χ4n) is 5.32. The summed E-state index contributed by atoms with van der Waals surface area (Å²) < 4.78 is 21.3. The maximum atomic E-state index is 13.6. The van der Waals surface area contributed by atoms with E-state index in [-0.39, 0.29) is 23.5 Å². The van der Waals surface area contributed by atoms with Gasteiger partial charge in [-0.25, -0.2) is 9.07 Å². The number of rotatable bonds is 9. The summed E-state index contributed by atoms with van der Waals surface area (Å²) in [4.78, 5) is 18.5. The van der Waals surface area contributed by atoms with Gasteiger partial charge in [-0.05, 0) is 84.5 Å². The molecule has 194 valence electrons. The Balaban J connectivity index is 1.51. The van der Waals surface area contributed by atoms with Gasteiger partial charge in [-0.2, -0.15) is 0 Å². The van der Waals surface area contributed by atoms with Crippen molar-refractivity contribution in [3.05, 3.63) is 86.7 Å². The fourth-order valence-corrected chi connectivity index (χ4v) is 5.32. The van der Waals surface area contributed by atoms with Crippen LogP contribution in [-0.2, 0) is 24.4 Å². The molecule has 0 saturated carbocycles. The van der Waals surface area contributed by atoms with E-state index in [9.17, 15) is 9.18 Å². The quantitative estimate of drug-likeness (QED) is 0.358. The first-order chi connectivity index (χ1) is 17.9. The number of halogens is 1. The molecule has 0 amide bonds. The van der Waals surface area contributed by atoms with E-state index in [0.717, 1.165) is 59.3 Å². The third-order valence-electron chi connectivity index (χ3n) is 7.15. The van der Waals surface area contributed by atoms with E-state index in [1.54, 1.807) is 12.1 Å². The maximum Gasteiger partial charge on any atom is 0.252 e. The first kappa shape index (κ1) is 25.2. The van der Waals surface area contributed by atoms with Crippen molar-refractivity contribution < 1.29 is 9.13 Å². The van der Waals surface area contributed by atoms with Gasteiger partial charge in [0.05, 0.1) is 18.7 Å². The number of nitrogens with one attached hydrogen (secondary N) is 1. The number of aromatic amines is 1. The molecule has 0 radical (unpaired) electrons. The molecule has 37 heavy (non-hydrogen) atoms. The van der Waals surface area contributed by atoms with E-state index >= 15 is 0 Å². The Kier molecular flexibility index (Phi) is 7.43. The zero-order valence-electron chi connectivity index (χ0n) is 21.6. The van der Waals surface area contributed by atoms with E-state index in [0.29, 0.717) is 25.2 Å². The van der Waals surface area contributed by atoms with E-state index < -0.39 is 0 Å². The van der Waals surface area contributed by atoms with Crippen molar-refractivity contribution >= 4 is 10.9 Å². The van der Waals surface area contributed by atoms with Gasteiger partial charge in [-0.15, -0.1) is 5.10 Å². The second-order valence-electron chi connectivity index (χ2n) is 9.98. The highest BCUT2D eigenvalue weighted by Crippen LogP contribution is 2.28. The predicted molar refractivity (Wildman–Crippen MR) is 140 cm³/mol. The Morgan fingerprint density at radius 3 is 2.73 bits per heavy atom. The maximum absolute atomic E-state index is 13.6. The van der Waals surface area contributed by atoms with Gasteiger partial charge < -0.3 is 9.72 Å². The number of ether oxygens (including phenoxy) is 1. The normalized spacial score (nSPS) is 16.6. The Morgan fingerprint density at radius 1 is 1.19 bits per heavy atom. The number of aryl methyl sites for hydroxylation is 2. The summed E-state index contributed by atoms with van der Waals surface area (Å²) in [5.74, 6) is 0.462. The Morgan fingerprint density at radius 2 is 2.00 bits per heavy atom. The molecule has 9 heteroatoms. The summed E-state index contributed by atoms with van der Waals surface area (Å²) in [5.41, 5.74) is 4.56. The standard InChI is InChI=1S/C28H33FN6O2/c1-4-26(27-31-32-33-35(27)17-23-6-5-11-37-23)34(15-20-7-9-22(29)10-8-20)16-21-14-24-19(3)12-18(2)13-25(24)30-28(21)36/h7-10,12-14,23,26H,4-6,11,15-17H2,1-3H3,(H,30,36)/t23-,26+/m0/s1. The molecule has 1 aliphatic rings. The summed E-state index contributed by atoms with van der Waals surface area (Å²) in [5, 5.41) is 13.7. The number of fused-ring (bicyclic) bond motifs is 1. The lowest BCUT2D eigenvalue weighted by Crippen LogP contribution is -2.33. The van der Waals surface area contributed by atoms with Crippen molar-refractivity contribution in [2.24, 2.45) is 0 Å². The van der Waals surface area contributed by atoms with E-state index in [1.807, 2.05) is 23.7 Å². The van der Waals surface area contributed by atoms with Gasteiger partial charge in [0.1, 0.15) is 5.82 Å². The number of hydrogen-bond donors (Lipinski definition) is 1. The lowest BCUT2D eigenvalue weighted by atomic mass is 10.0. The van der Waals surface area contributed by atoms with Crippen LogP contribution in [-0.4, -0.2) is 42.8 Å². The van der Waals surface area contributed by atoms with Crippen LogP contribution in [0.4, 0.5) is 4.39 Å². The average Bonchev–Trinajstić information content (AvgIpc) is 3.55. The van der Waals surface area contributed by atoms with Crippen molar-refractivity contribution in [2.75, 3.05) is 6.61 Å². The molecule has 2 atom stereocenters. The van der Waals surface area contributed by atoms with Crippen LogP contribution in [0.5, 0.6) is 0 Å². The molecule has 0 aliphatic carbocycles. The molecule has 2 aromatic carbocycles. The van der Waals surface area contributed by atoms with Gasteiger partial charge in [0, 0.05) is 36.2 Å². The van der Waals surface area contributed by atoms with Crippen LogP contribution in [0.3, 0.4) is 0 Å². The number of aromatic nitrogens is 5. The van der Waals surface area contributed by atoms with Crippen molar-refractivity contribution in [2.45, 2.75) is 71.8 Å². The molecule has 1 fully saturated rings. The highest BCUT2D eigenvalue weighted by molar-refractivity contribution is 5.83. The number of tetrazole rings is 1. The Bertz CT molecular complexity index is 1430. The largest absolute Gasteiger partial charge is 0.376 e. The molecule has 5 rings (SSSR count). The third kappa shape index (κ3) is 5.62. The van der Waals surface area contributed by atoms with Gasteiger partial charge in [-0.3, -0.25) is 9.69 Å². The van der Waals surface area contributed by atoms with Crippen LogP contribution >= 0.6 is 0 Å². The zero-order chi connectivity index (χ0) is 25.9. The van der Waals surface area contributed by atoms with Gasteiger partial charge in [0.25, 0.3) is 5.56 Å². The minimum Gasteiger partial charge on any atom is -0.376 e. The predicted octanol–water partition coefficient (Wildman–Crippen LogP) is 4.60. The van der Waals surface area contributed by atoms with Gasteiger partial charge in [0.2, 0.25) is 0 Å². The van der Waals surface area contributed by atoms with Gasteiger partial charge >= 0.3 is 0 Å². The molecule has 0 bridgehead atoms. The molecular formula is C28H33FN6O2. The lowest BCUT2D eigenvalue weighted by molar-refractivity contribution is 0.0888. The van der Waals surface area contributed by atoms with E-state index in [4.69, 9.17) is 4.74 Å². The molecule has 0 spiro atoms. The lowest BCUT2D eigenvalue weighted by Gasteiger charge is -2.30. The molecular weight excluding hydrogens is 471 g/mol. The van der Waals surface area contributed by atoms with E-state index in [1.165, 1.54) is 12.1 Å². The Hall–Kier alpha value is -3.43. The van der Waals surface area contributed by atoms with Crippen molar-refractivity contribution in [1.29, 1.82) is 0 Å². The van der Waals surface area contributed by atoms with Crippen LogP contribution in [0, 0.1) is 19.7 Å². The van der Waals surface area contributed by atoms with Crippen LogP contribution in [0.15, 0.2) is 47.3 Å². The zero-order valence-corrected chi connectivity index (χ0v) is 21.6. The summed E-state index contributed by atoms with van der Waals surface area (Å²) in [6, 6.07) is 12.4. The molecule has 2 aromatic heterocycles. The molecule has 8 nitrogen and oxygen atoms in total. The smallest absolute Gasteiger partial charge is 0.252 e. The summed E-state index contributed by atoms with van der Waals surface area (Å²) >= 11 is 0. The molecule has 1 aliphatic heterocycles. The number of H-pyrrole nitrogens is 1. The van der Waals surface area contributed by atoms with Gasteiger partial charge in [0.15, 0.2) is 5.82 Å². The number of benzene rings is 2. The molecule has 3 heterocycles. The average molecular weight is 505 g/mol. The highest BCUT2D eigenvalue weighted by atomic mass is 19.1. The second-order valence-corrected chi connectivity index (χ2v) is 9.98. The summed E-state index contributed by atoms with van der Waals surface area (Å²) in [6.07, 6.45) is 2.86. The minimum atomic E-state index is -0.278. The summed E-state index contributed by atoms with van der Waals surface area (Å²) in [7, 11) is 0.